The van der Waals surface area contributed by atoms with Crippen LogP contribution >= 0.6 is 0 Å². The van der Waals surface area contributed by atoms with E-state index in [1.165, 1.54) is 6.07 Å². The van der Waals surface area contributed by atoms with E-state index in [1.807, 2.05) is 48.7 Å². The van der Waals surface area contributed by atoms with Crippen LogP contribution in [0.1, 0.15) is 23.2 Å². The number of aromatic nitrogens is 1. The standard InChI is InChI=1S/C25H31FN2O2/c1-30-15-7-13-27(20-25(29)17-21-8-3-2-4-9-21)19-24-12-6-14-28(24)18-22-10-5-11-23(26)16-22/h2-6,8-12,14,16,25,29H,7,13,15,17-20H2,1H3. The molecule has 30 heavy (non-hydrogen) atoms. The summed E-state index contributed by atoms with van der Waals surface area (Å²) in [6, 6.07) is 20.9. The van der Waals surface area contributed by atoms with Crippen molar-refractivity contribution in [3.05, 3.63) is 95.6 Å². The Hall–Kier alpha value is -2.47. The second kappa shape index (κ2) is 11.6. The molecule has 0 aliphatic rings. The van der Waals surface area contributed by atoms with Gasteiger partial charge in [0.2, 0.25) is 0 Å². The van der Waals surface area contributed by atoms with E-state index in [9.17, 15) is 9.50 Å². The van der Waals surface area contributed by atoms with Gasteiger partial charge in [-0.1, -0.05) is 42.5 Å². The average Bonchev–Trinajstić information content (AvgIpc) is 3.15. The molecule has 1 atom stereocenters. The highest BCUT2D eigenvalue weighted by Gasteiger charge is 2.15. The molecule has 0 bridgehead atoms. The quantitative estimate of drug-likeness (QED) is 0.457. The second-order valence-corrected chi connectivity index (χ2v) is 7.68. The molecule has 0 fully saturated rings. The molecule has 0 saturated carbocycles. The van der Waals surface area contributed by atoms with Gasteiger partial charge in [0.25, 0.3) is 0 Å². The van der Waals surface area contributed by atoms with Gasteiger partial charge in [-0.15, -0.1) is 0 Å². The molecule has 1 aromatic heterocycles. The SMILES string of the molecule is COCCCN(Cc1cccn1Cc1cccc(F)c1)CC(O)Cc1ccccc1. The number of rotatable bonds is 12. The molecule has 3 rings (SSSR count). The summed E-state index contributed by atoms with van der Waals surface area (Å²) in [5.74, 6) is -0.216. The lowest BCUT2D eigenvalue weighted by molar-refractivity contribution is 0.0982. The molecule has 5 heteroatoms. The fourth-order valence-electron chi connectivity index (χ4n) is 3.72. The molecule has 1 unspecified atom stereocenters. The smallest absolute Gasteiger partial charge is 0.123 e. The molecule has 2 aromatic carbocycles. The van der Waals surface area contributed by atoms with E-state index in [1.54, 1.807) is 19.2 Å². The summed E-state index contributed by atoms with van der Waals surface area (Å²) in [7, 11) is 1.71. The van der Waals surface area contributed by atoms with Gasteiger partial charge >= 0.3 is 0 Å². The minimum atomic E-state index is -0.443. The predicted octanol–water partition coefficient (Wildman–Crippen LogP) is 4.12. The van der Waals surface area contributed by atoms with Crippen LogP contribution in [-0.2, 0) is 24.2 Å². The molecular weight excluding hydrogens is 379 g/mol. The number of nitrogens with zero attached hydrogens (tertiary/aromatic N) is 2. The molecule has 4 nitrogen and oxygen atoms in total. The minimum Gasteiger partial charge on any atom is -0.391 e. The van der Waals surface area contributed by atoms with E-state index in [2.05, 4.69) is 15.5 Å². The normalized spacial score (nSPS) is 12.4. The second-order valence-electron chi connectivity index (χ2n) is 7.68. The summed E-state index contributed by atoms with van der Waals surface area (Å²) < 4.78 is 20.9. The van der Waals surface area contributed by atoms with Crippen LogP contribution in [0.3, 0.4) is 0 Å². The zero-order valence-corrected chi connectivity index (χ0v) is 17.6. The van der Waals surface area contributed by atoms with Gasteiger partial charge in [0, 0.05) is 51.8 Å². The third-order valence-electron chi connectivity index (χ3n) is 5.16. The van der Waals surface area contributed by atoms with Gasteiger partial charge in [-0.2, -0.15) is 0 Å². The van der Waals surface area contributed by atoms with Gasteiger partial charge in [0.15, 0.2) is 0 Å². The van der Waals surface area contributed by atoms with E-state index in [0.717, 1.165) is 36.3 Å². The third kappa shape index (κ3) is 7.10. The first-order chi connectivity index (χ1) is 14.6. The van der Waals surface area contributed by atoms with E-state index < -0.39 is 6.10 Å². The van der Waals surface area contributed by atoms with Gasteiger partial charge in [0.05, 0.1) is 6.10 Å². The van der Waals surface area contributed by atoms with E-state index in [-0.39, 0.29) is 5.82 Å². The van der Waals surface area contributed by atoms with Crippen LogP contribution in [0, 0.1) is 5.82 Å². The van der Waals surface area contributed by atoms with Crippen molar-refractivity contribution >= 4 is 0 Å². The van der Waals surface area contributed by atoms with Crippen LogP contribution in [0.2, 0.25) is 0 Å². The molecule has 1 heterocycles. The molecule has 0 aliphatic heterocycles. The van der Waals surface area contributed by atoms with Crippen molar-refractivity contribution < 1.29 is 14.2 Å². The first kappa shape index (κ1) is 22.2. The largest absolute Gasteiger partial charge is 0.391 e. The summed E-state index contributed by atoms with van der Waals surface area (Å²) in [5.41, 5.74) is 3.21. The van der Waals surface area contributed by atoms with Crippen LogP contribution < -0.4 is 0 Å². The van der Waals surface area contributed by atoms with Crippen molar-refractivity contribution in [3.63, 3.8) is 0 Å². The third-order valence-corrected chi connectivity index (χ3v) is 5.16. The Balaban J connectivity index is 1.65. The summed E-state index contributed by atoms with van der Waals surface area (Å²) >= 11 is 0. The number of halogens is 1. The highest BCUT2D eigenvalue weighted by Crippen LogP contribution is 2.13. The molecular formula is C25H31FN2O2. The maximum atomic E-state index is 13.5. The first-order valence-corrected chi connectivity index (χ1v) is 10.5. The molecule has 0 radical (unpaired) electrons. The Labute approximate surface area is 178 Å². The summed E-state index contributed by atoms with van der Waals surface area (Å²) in [6.07, 6.45) is 3.11. The van der Waals surface area contributed by atoms with Crippen molar-refractivity contribution in [2.45, 2.75) is 32.0 Å². The fourth-order valence-corrected chi connectivity index (χ4v) is 3.72. The van der Waals surface area contributed by atoms with Gasteiger partial charge in [-0.3, -0.25) is 4.90 Å². The zero-order chi connectivity index (χ0) is 21.2. The minimum absolute atomic E-state index is 0.216. The maximum absolute atomic E-state index is 13.5. The Morgan fingerprint density at radius 1 is 1.03 bits per heavy atom. The summed E-state index contributed by atoms with van der Waals surface area (Å²) in [5, 5.41) is 10.7. The molecule has 1 N–H and O–H groups in total. The van der Waals surface area contributed by atoms with Crippen molar-refractivity contribution in [1.29, 1.82) is 0 Å². The molecule has 3 aromatic rings. The zero-order valence-electron chi connectivity index (χ0n) is 17.6. The number of ether oxygens (including phenoxy) is 1. The van der Waals surface area contributed by atoms with Crippen molar-refractivity contribution in [2.75, 3.05) is 26.8 Å². The fraction of sp³-hybridized carbons (Fsp3) is 0.360. The van der Waals surface area contributed by atoms with E-state index >= 15 is 0 Å². The van der Waals surface area contributed by atoms with Gasteiger partial charge < -0.3 is 14.4 Å². The average molecular weight is 411 g/mol. The van der Waals surface area contributed by atoms with Crippen LogP contribution in [0.25, 0.3) is 0 Å². The van der Waals surface area contributed by atoms with E-state index in [4.69, 9.17) is 4.74 Å². The van der Waals surface area contributed by atoms with Gasteiger partial charge in [0.1, 0.15) is 5.82 Å². The van der Waals surface area contributed by atoms with E-state index in [0.29, 0.717) is 26.1 Å². The number of benzene rings is 2. The summed E-state index contributed by atoms with van der Waals surface area (Å²) in [6.45, 7) is 3.46. The summed E-state index contributed by atoms with van der Waals surface area (Å²) in [4.78, 5) is 2.27. The van der Waals surface area contributed by atoms with Crippen LogP contribution in [0.4, 0.5) is 4.39 Å². The van der Waals surface area contributed by atoms with Crippen LogP contribution in [0.5, 0.6) is 0 Å². The Morgan fingerprint density at radius 2 is 1.83 bits per heavy atom. The Bertz CT molecular complexity index is 882. The monoisotopic (exact) mass is 410 g/mol. The molecule has 0 amide bonds. The Kier molecular flexibility index (Phi) is 8.63. The van der Waals surface area contributed by atoms with Gasteiger partial charge in [-0.25, -0.2) is 4.39 Å². The van der Waals surface area contributed by atoms with Crippen molar-refractivity contribution in [2.24, 2.45) is 0 Å². The molecule has 0 aliphatic carbocycles. The maximum Gasteiger partial charge on any atom is 0.123 e. The Morgan fingerprint density at radius 3 is 2.60 bits per heavy atom. The number of aliphatic hydroxyl groups is 1. The number of methoxy groups -OCH3 is 1. The lowest BCUT2D eigenvalue weighted by atomic mass is 10.1. The highest BCUT2D eigenvalue weighted by molar-refractivity contribution is 5.19. The first-order valence-electron chi connectivity index (χ1n) is 10.5. The number of hydrogen-bond donors (Lipinski definition) is 1. The van der Waals surface area contributed by atoms with Crippen LogP contribution in [-0.4, -0.2) is 47.5 Å². The van der Waals surface area contributed by atoms with Crippen molar-refractivity contribution in [1.82, 2.24) is 9.47 Å². The lowest BCUT2D eigenvalue weighted by Gasteiger charge is -2.26. The number of aliphatic hydroxyl groups excluding tert-OH is 1. The number of hydrogen-bond acceptors (Lipinski definition) is 3. The van der Waals surface area contributed by atoms with Crippen LogP contribution in [0.15, 0.2) is 72.9 Å². The highest BCUT2D eigenvalue weighted by atomic mass is 19.1. The molecule has 0 saturated heterocycles. The molecule has 160 valence electrons. The molecule has 0 spiro atoms. The predicted molar refractivity (Wildman–Crippen MR) is 118 cm³/mol. The van der Waals surface area contributed by atoms with Crippen molar-refractivity contribution in [3.8, 4) is 0 Å². The van der Waals surface area contributed by atoms with Gasteiger partial charge in [-0.05, 0) is 48.2 Å². The topological polar surface area (TPSA) is 37.6 Å². The lowest BCUT2D eigenvalue weighted by Crippen LogP contribution is -2.35.